The smallest absolute Gasteiger partial charge is 0.242 e. The lowest BCUT2D eigenvalue weighted by Crippen LogP contribution is -2.35. The van der Waals surface area contributed by atoms with Gasteiger partial charge in [-0.2, -0.15) is 0 Å². The number of hydrogen-bond acceptors (Lipinski definition) is 6. The van der Waals surface area contributed by atoms with Crippen LogP contribution in [0.4, 0.5) is 5.88 Å². The van der Waals surface area contributed by atoms with Crippen molar-refractivity contribution in [1.82, 2.24) is 5.16 Å². The van der Waals surface area contributed by atoms with E-state index < -0.39 is 4.75 Å². The quantitative estimate of drug-likeness (QED) is 0.586. The van der Waals surface area contributed by atoms with Crippen LogP contribution in [0.5, 0.6) is 0 Å². The van der Waals surface area contributed by atoms with Crippen LogP contribution in [0.25, 0.3) is 0 Å². The van der Waals surface area contributed by atoms with Gasteiger partial charge in [-0.25, -0.2) is 0 Å². The number of ether oxygens (including phenoxy) is 2. The molecule has 0 bridgehead atoms. The van der Waals surface area contributed by atoms with Crippen molar-refractivity contribution < 1.29 is 18.8 Å². The number of carbonyl (C=O) groups excluding carboxylic acids is 1. The van der Waals surface area contributed by atoms with Crippen molar-refractivity contribution in [3.63, 3.8) is 0 Å². The highest BCUT2D eigenvalue weighted by Crippen LogP contribution is 2.42. The molecule has 1 aromatic rings. The number of carbonyl (C=O) groups is 1. The third-order valence-corrected chi connectivity index (χ3v) is 8.42. The molecule has 3 fully saturated rings. The summed E-state index contributed by atoms with van der Waals surface area (Å²) in [6.07, 6.45) is 12.5. The molecule has 0 radical (unpaired) electrons. The zero-order valence-corrected chi connectivity index (χ0v) is 19.2. The van der Waals surface area contributed by atoms with E-state index in [-0.39, 0.29) is 17.6 Å². The Hall–Kier alpha value is -1.05. The van der Waals surface area contributed by atoms with E-state index in [1.165, 1.54) is 25.7 Å². The van der Waals surface area contributed by atoms with Crippen molar-refractivity contribution in [2.45, 2.75) is 106 Å². The predicted octanol–water partition coefficient (Wildman–Crippen LogP) is 5.42. The summed E-state index contributed by atoms with van der Waals surface area (Å²) in [6.45, 7) is 5.38. The van der Waals surface area contributed by atoms with Gasteiger partial charge in [0.1, 0.15) is 0 Å². The number of amides is 1. The summed E-state index contributed by atoms with van der Waals surface area (Å²) in [5, 5.41) is 7.90. The van der Waals surface area contributed by atoms with Gasteiger partial charge >= 0.3 is 0 Å². The lowest BCUT2D eigenvalue weighted by atomic mass is 9.83. The molecule has 1 saturated heterocycles. The van der Waals surface area contributed by atoms with Gasteiger partial charge in [0, 0.05) is 23.3 Å². The monoisotopic (exact) mass is 436 g/mol. The van der Waals surface area contributed by atoms with E-state index >= 15 is 0 Å². The molecule has 2 saturated carbocycles. The number of thioether (sulfide) groups is 1. The molecule has 0 aromatic carbocycles. The number of rotatable bonds is 8. The van der Waals surface area contributed by atoms with Crippen LogP contribution < -0.4 is 5.32 Å². The summed E-state index contributed by atoms with van der Waals surface area (Å²) >= 11 is 1.78. The number of anilines is 1. The maximum Gasteiger partial charge on any atom is 0.242 e. The molecule has 0 spiro atoms. The maximum absolute atomic E-state index is 12.9. The molecule has 1 aromatic heterocycles. The molecule has 2 aliphatic carbocycles. The summed E-state index contributed by atoms with van der Waals surface area (Å²) in [4.78, 5) is 12.9. The molecule has 30 heavy (non-hydrogen) atoms. The van der Waals surface area contributed by atoms with Crippen LogP contribution in [0.3, 0.4) is 0 Å². The molecule has 4 rings (SSSR count). The number of nitrogens with one attached hydrogen (secondary N) is 1. The van der Waals surface area contributed by atoms with Crippen molar-refractivity contribution in [2.75, 3.05) is 18.5 Å². The molecule has 3 aliphatic rings. The summed E-state index contributed by atoms with van der Waals surface area (Å²) in [5.74, 6) is 0.421. The molecular weight excluding hydrogens is 400 g/mol. The van der Waals surface area contributed by atoms with Crippen LogP contribution >= 0.6 is 11.8 Å². The van der Waals surface area contributed by atoms with E-state index in [0.29, 0.717) is 17.7 Å². The minimum Gasteiger partial charge on any atom is -0.353 e. The fourth-order valence-electron chi connectivity index (χ4n) is 4.94. The molecule has 1 aliphatic heterocycles. The Morgan fingerprint density at radius 3 is 2.63 bits per heavy atom. The first-order chi connectivity index (χ1) is 14.5. The van der Waals surface area contributed by atoms with Gasteiger partial charge < -0.3 is 14.0 Å². The van der Waals surface area contributed by atoms with Crippen LogP contribution in [0.15, 0.2) is 10.6 Å². The van der Waals surface area contributed by atoms with Gasteiger partial charge in [0.25, 0.3) is 0 Å². The predicted molar refractivity (Wildman–Crippen MR) is 119 cm³/mol. The standard InChI is InChI=1S/C23H36N2O4S/c1-22(2,30-17-9-3-4-10-17)21(26)24-19-15-18(25-29-19)23(12-6-7-13-23)16-28-20-11-5-8-14-27-20/h15,17,20H,3-14,16H2,1-2H3,(H,24,26). The average Bonchev–Trinajstić information content (AvgIpc) is 3.49. The molecule has 7 heteroatoms. The molecule has 168 valence electrons. The summed E-state index contributed by atoms with van der Waals surface area (Å²) in [6, 6.07) is 1.91. The van der Waals surface area contributed by atoms with Gasteiger partial charge in [-0.3, -0.25) is 10.1 Å². The zero-order valence-electron chi connectivity index (χ0n) is 18.4. The highest BCUT2D eigenvalue weighted by Gasteiger charge is 2.40. The molecular formula is C23H36N2O4S. The van der Waals surface area contributed by atoms with E-state index in [2.05, 4.69) is 10.5 Å². The highest BCUT2D eigenvalue weighted by molar-refractivity contribution is 8.02. The fourth-order valence-corrected chi connectivity index (χ4v) is 6.50. The Bertz CT molecular complexity index is 702. The minimum absolute atomic E-state index is 0.0190. The Morgan fingerprint density at radius 1 is 1.20 bits per heavy atom. The van der Waals surface area contributed by atoms with Crippen LogP contribution in [-0.2, 0) is 19.7 Å². The first-order valence-corrected chi connectivity index (χ1v) is 12.5. The fraction of sp³-hybridized carbons (Fsp3) is 0.826. The molecule has 1 amide bonds. The topological polar surface area (TPSA) is 73.6 Å². The number of hydrogen-bond donors (Lipinski definition) is 1. The minimum atomic E-state index is -0.492. The van der Waals surface area contributed by atoms with Gasteiger partial charge in [-0.1, -0.05) is 30.8 Å². The van der Waals surface area contributed by atoms with Gasteiger partial charge in [0.15, 0.2) is 6.29 Å². The van der Waals surface area contributed by atoms with Crippen LogP contribution in [0.1, 0.15) is 90.2 Å². The molecule has 1 N–H and O–H groups in total. The zero-order chi connectivity index (χ0) is 21.0. The van der Waals surface area contributed by atoms with Gasteiger partial charge in [-0.05, 0) is 58.8 Å². The van der Waals surface area contributed by atoms with Crippen molar-refractivity contribution in [1.29, 1.82) is 0 Å². The lowest BCUT2D eigenvalue weighted by molar-refractivity contribution is -0.172. The molecule has 6 nitrogen and oxygen atoms in total. The van der Waals surface area contributed by atoms with E-state index in [0.717, 1.165) is 57.2 Å². The van der Waals surface area contributed by atoms with Gasteiger partial charge in [0.2, 0.25) is 11.8 Å². The Kier molecular flexibility index (Phi) is 7.10. The third kappa shape index (κ3) is 5.22. The molecule has 1 atom stereocenters. The van der Waals surface area contributed by atoms with Gasteiger partial charge in [-0.15, -0.1) is 11.8 Å². The van der Waals surface area contributed by atoms with Crippen LogP contribution in [-0.4, -0.2) is 40.6 Å². The van der Waals surface area contributed by atoms with E-state index in [4.69, 9.17) is 14.0 Å². The average molecular weight is 437 g/mol. The van der Waals surface area contributed by atoms with E-state index in [1.54, 1.807) is 11.8 Å². The van der Waals surface area contributed by atoms with Crippen molar-refractivity contribution in [3.05, 3.63) is 11.8 Å². The first-order valence-electron chi connectivity index (χ1n) is 11.7. The van der Waals surface area contributed by atoms with E-state index in [1.807, 2.05) is 19.9 Å². The largest absolute Gasteiger partial charge is 0.353 e. The second-order valence-electron chi connectivity index (χ2n) is 9.66. The lowest BCUT2D eigenvalue weighted by Gasteiger charge is -2.30. The Morgan fingerprint density at radius 2 is 1.93 bits per heavy atom. The molecule has 1 unspecified atom stereocenters. The van der Waals surface area contributed by atoms with Crippen LogP contribution in [0, 0.1) is 0 Å². The summed E-state index contributed by atoms with van der Waals surface area (Å²) in [5.41, 5.74) is 0.758. The van der Waals surface area contributed by atoms with Gasteiger partial charge in [0.05, 0.1) is 17.0 Å². The van der Waals surface area contributed by atoms with Crippen molar-refractivity contribution in [2.24, 2.45) is 0 Å². The van der Waals surface area contributed by atoms with Crippen LogP contribution in [0.2, 0.25) is 0 Å². The summed E-state index contributed by atoms with van der Waals surface area (Å²) in [7, 11) is 0. The Balaban J connectivity index is 1.37. The van der Waals surface area contributed by atoms with E-state index in [9.17, 15) is 4.79 Å². The normalized spacial score (nSPS) is 24.9. The molecule has 2 heterocycles. The number of aromatic nitrogens is 1. The third-order valence-electron chi connectivity index (χ3n) is 6.84. The second-order valence-corrected chi connectivity index (χ2v) is 11.6. The SMILES string of the molecule is CC(C)(SC1CCCC1)C(=O)Nc1cc(C2(COC3CCCCO3)CCCC2)no1. The number of nitrogens with zero attached hydrogens (tertiary/aromatic N) is 1. The highest BCUT2D eigenvalue weighted by atomic mass is 32.2. The summed E-state index contributed by atoms with van der Waals surface area (Å²) < 4.78 is 17.0. The Labute approximate surface area is 184 Å². The second kappa shape index (κ2) is 9.61. The van der Waals surface area contributed by atoms with Crippen molar-refractivity contribution >= 4 is 23.6 Å². The van der Waals surface area contributed by atoms with Crippen molar-refractivity contribution in [3.8, 4) is 0 Å². The first kappa shape index (κ1) is 22.2. The maximum atomic E-state index is 12.9.